The molecule has 0 spiro atoms. The number of anilines is 1. The van der Waals surface area contributed by atoms with Crippen LogP contribution < -0.4 is 4.90 Å². The van der Waals surface area contributed by atoms with E-state index in [0.29, 0.717) is 0 Å². The van der Waals surface area contributed by atoms with Crippen LogP contribution >= 0.6 is 0 Å². The molecule has 6 nitrogen and oxygen atoms in total. The SMILES string of the molecule is Cn1cnc2c1CCN(c1nccn3ccnc13)C2. The molecule has 1 aliphatic heterocycles. The van der Waals surface area contributed by atoms with Crippen LogP contribution in [0.15, 0.2) is 31.1 Å². The quantitative estimate of drug-likeness (QED) is 0.650. The van der Waals surface area contributed by atoms with Gasteiger partial charge in [-0.25, -0.2) is 15.0 Å². The van der Waals surface area contributed by atoms with Crippen LogP contribution in [-0.4, -0.2) is 30.5 Å². The molecule has 19 heavy (non-hydrogen) atoms. The molecule has 0 amide bonds. The van der Waals surface area contributed by atoms with Crippen molar-refractivity contribution >= 4 is 11.5 Å². The van der Waals surface area contributed by atoms with Crippen LogP contribution in [0.1, 0.15) is 11.4 Å². The molecule has 4 heterocycles. The van der Waals surface area contributed by atoms with Gasteiger partial charge < -0.3 is 13.9 Å². The molecule has 0 bridgehead atoms. The third-order valence-corrected chi connectivity index (χ3v) is 3.70. The Morgan fingerprint density at radius 2 is 1.95 bits per heavy atom. The Bertz CT molecular complexity index is 741. The summed E-state index contributed by atoms with van der Waals surface area (Å²) in [5.41, 5.74) is 3.37. The summed E-state index contributed by atoms with van der Waals surface area (Å²) < 4.78 is 4.10. The van der Waals surface area contributed by atoms with Crippen LogP contribution in [0.3, 0.4) is 0 Å². The van der Waals surface area contributed by atoms with Crippen molar-refractivity contribution in [1.29, 1.82) is 0 Å². The molecule has 4 rings (SSSR count). The first kappa shape index (κ1) is 10.5. The molecule has 3 aromatic rings. The molecule has 0 atom stereocenters. The van der Waals surface area contributed by atoms with E-state index in [1.807, 2.05) is 29.3 Å². The van der Waals surface area contributed by atoms with E-state index in [-0.39, 0.29) is 0 Å². The lowest BCUT2D eigenvalue weighted by molar-refractivity contribution is 0.676. The third kappa shape index (κ3) is 1.53. The van der Waals surface area contributed by atoms with Gasteiger partial charge in [0.25, 0.3) is 0 Å². The zero-order valence-corrected chi connectivity index (χ0v) is 10.7. The number of hydrogen-bond donors (Lipinski definition) is 0. The molecule has 1 aliphatic rings. The molecule has 0 fully saturated rings. The smallest absolute Gasteiger partial charge is 0.180 e. The van der Waals surface area contributed by atoms with Gasteiger partial charge in [-0.3, -0.25) is 0 Å². The second kappa shape index (κ2) is 3.81. The molecule has 96 valence electrons. The number of nitrogens with zero attached hydrogens (tertiary/aromatic N) is 6. The van der Waals surface area contributed by atoms with E-state index in [4.69, 9.17) is 0 Å². The first-order valence-electron chi connectivity index (χ1n) is 6.34. The van der Waals surface area contributed by atoms with Crippen LogP contribution in [-0.2, 0) is 20.0 Å². The Morgan fingerprint density at radius 1 is 1.11 bits per heavy atom. The maximum atomic E-state index is 4.49. The molecule has 0 aliphatic carbocycles. The second-order valence-electron chi connectivity index (χ2n) is 4.83. The highest BCUT2D eigenvalue weighted by Gasteiger charge is 2.22. The Kier molecular flexibility index (Phi) is 2.11. The van der Waals surface area contributed by atoms with Crippen molar-refractivity contribution in [2.75, 3.05) is 11.4 Å². The van der Waals surface area contributed by atoms with Crippen LogP contribution in [0.2, 0.25) is 0 Å². The summed E-state index contributed by atoms with van der Waals surface area (Å²) >= 11 is 0. The van der Waals surface area contributed by atoms with Gasteiger partial charge in [0.1, 0.15) is 0 Å². The molecule has 0 saturated heterocycles. The molecule has 0 N–H and O–H groups in total. The largest absolute Gasteiger partial charge is 0.347 e. The van der Waals surface area contributed by atoms with Crippen molar-refractivity contribution in [1.82, 2.24) is 23.9 Å². The maximum Gasteiger partial charge on any atom is 0.180 e. The molecular formula is C13H14N6. The summed E-state index contributed by atoms with van der Waals surface area (Å²) in [4.78, 5) is 15.6. The summed E-state index contributed by atoms with van der Waals surface area (Å²) in [7, 11) is 2.05. The standard InChI is InChI=1S/C13H14N6/c1-17-9-16-10-8-19(5-2-11(10)17)13-12-14-3-6-18(12)7-4-15-13/h3-4,6-7,9H,2,5,8H2,1H3. The predicted molar refractivity (Wildman–Crippen MR) is 70.9 cm³/mol. The average molecular weight is 254 g/mol. The molecule has 3 aromatic heterocycles. The fourth-order valence-electron chi connectivity index (χ4n) is 2.70. The Labute approximate surface area is 110 Å². The van der Waals surface area contributed by atoms with Gasteiger partial charge in [0.15, 0.2) is 11.5 Å². The normalized spacial score (nSPS) is 14.9. The van der Waals surface area contributed by atoms with Crippen LogP contribution in [0, 0.1) is 0 Å². The molecule has 0 aromatic carbocycles. The van der Waals surface area contributed by atoms with E-state index in [0.717, 1.165) is 36.7 Å². The van der Waals surface area contributed by atoms with Gasteiger partial charge in [-0.05, 0) is 0 Å². The minimum atomic E-state index is 0.801. The number of aryl methyl sites for hydroxylation is 1. The average Bonchev–Trinajstić information content (AvgIpc) is 3.05. The van der Waals surface area contributed by atoms with Gasteiger partial charge in [0.2, 0.25) is 0 Å². The lowest BCUT2D eigenvalue weighted by Gasteiger charge is -2.27. The number of hydrogen-bond acceptors (Lipinski definition) is 4. The van der Waals surface area contributed by atoms with Crippen LogP contribution in [0.4, 0.5) is 5.82 Å². The Hall–Kier alpha value is -2.37. The van der Waals surface area contributed by atoms with E-state index in [2.05, 4.69) is 31.5 Å². The summed E-state index contributed by atoms with van der Waals surface area (Å²) in [6.45, 7) is 1.75. The van der Waals surface area contributed by atoms with Gasteiger partial charge in [-0.15, -0.1) is 0 Å². The van der Waals surface area contributed by atoms with Crippen molar-refractivity contribution in [2.45, 2.75) is 13.0 Å². The van der Waals surface area contributed by atoms with Crippen molar-refractivity contribution in [3.63, 3.8) is 0 Å². The summed E-state index contributed by atoms with van der Waals surface area (Å²) in [5, 5.41) is 0. The van der Waals surface area contributed by atoms with Crippen LogP contribution in [0.5, 0.6) is 0 Å². The monoisotopic (exact) mass is 254 g/mol. The minimum Gasteiger partial charge on any atom is -0.347 e. The molecule has 0 saturated carbocycles. The van der Waals surface area contributed by atoms with Gasteiger partial charge in [0.05, 0.1) is 18.6 Å². The zero-order valence-electron chi connectivity index (χ0n) is 10.7. The maximum absolute atomic E-state index is 4.49. The highest BCUT2D eigenvalue weighted by Crippen LogP contribution is 2.24. The number of fused-ring (bicyclic) bond motifs is 2. The topological polar surface area (TPSA) is 51.2 Å². The van der Waals surface area contributed by atoms with Gasteiger partial charge in [-0.2, -0.15) is 0 Å². The molecular weight excluding hydrogens is 240 g/mol. The first-order chi connectivity index (χ1) is 9.33. The van der Waals surface area contributed by atoms with Crippen molar-refractivity contribution in [3.8, 4) is 0 Å². The lowest BCUT2D eigenvalue weighted by Crippen LogP contribution is -2.32. The summed E-state index contributed by atoms with van der Waals surface area (Å²) in [6, 6.07) is 0. The predicted octanol–water partition coefficient (Wildman–Crippen LogP) is 1.03. The van der Waals surface area contributed by atoms with Crippen molar-refractivity contribution in [2.24, 2.45) is 7.05 Å². The molecule has 0 radical (unpaired) electrons. The number of imidazole rings is 2. The fraction of sp³-hybridized carbons (Fsp3) is 0.308. The third-order valence-electron chi connectivity index (χ3n) is 3.70. The molecule has 6 heteroatoms. The highest BCUT2D eigenvalue weighted by atomic mass is 15.2. The van der Waals surface area contributed by atoms with Crippen LogP contribution in [0.25, 0.3) is 5.65 Å². The van der Waals surface area contributed by atoms with E-state index in [1.54, 1.807) is 6.20 Å². The van der Waals surface area contributed by atoms with Gasteiger partial charge in [-0.1, -0.05) is 0 Å². The van der Waals surface area contributed by atoms with E-state index < -0.39 is 0 Å². The summed E-state index contributed by atoms with van der Waals surface area (Å²) in [6.07, 6.45) is 10.4. The van der Waals surface area contributed by atoms with E-state index in [1.165, 1.54) is 5.69 Å². The lowest BCUT2D eigenvalue weighted by atomic mass is 10.1. The van der Waals surface area contributed by atoms with Crippen molar-refractivity contribution in [3.05, 3.63) is 42.5 Å². The van der Waals surface area contributed by atoms with E-state index >= 15 is 0 Å². The number of aromatic nitrogens is 5. The summed E-state index contributed by atoms with van der Waals surface area (Å²) in [5.74, 6) is 0.934. The van der Waals surface area contributed by atoms with Gasteiger partial charge >= 0.3 is 0 Å². The molecule has 0 unspecified atom stereocenters. The van der Waals surface area contributed by atoms with E-state index in [9.17, 15) is 0 Å². The first-order valence-corrected chi connectivity index (χ1v) is 6.34. The Balaban J connectivity index is 1.76. The number of rotatable bonds is 1. The second-order valence-corrected chi connectivity index (χ2v) is 4.83. The highest BCUT2D eigenvalue weighted by molar-refractivity contribution is 5.64. The zero-order chi connectivity index (χ0) is 12.8. The minimum absolute atomic E-state index is 0.801. The fourth-order valence-corrected chi connectivity index (χ4v) is 2.70. The Morgan fingerprint density at radius 3 is 2.84 bits per heavy atom. The van der Waals surface area contributed by atoms with Gasteiger partial charge in [0, 0.05) is 50.5 Å². The van der Waals surface area contributed by atoms with Crippen molar-refractivity contribution < 1.29 is 0 Å².